The molecule has 0 amide bonds. The van der Waals surface area contributed by atoms with Gasteiger partial charge in [-0.3, -0.25) is 0 Å². The van der Waals surface area contributed by atoms with Crippen molar-refractivity contribution in [2.24, 2.45) is 5.73 Å². The van der Waals surface area contributed by atoms with E-state index < -0.39 is 0 Å². The van der Waals surface area contributed by atoms with E-state index in [9.17, 15) is 0 Å². The summed E-state index contributed by atoms with van der Waals surface area (Å²) in [6, 6.07) is 8.85. The fraction of sp³-hybridized carbons (Fsp3) is 0.647. The Morgan fingerprint density at radius 1 is 0.895 bits per heavy atom. The summed E-state index contributed by atoms with van der Waals surface area (Å²) in [4.78, 5) is 0. The van der Waals surface area contributed by atoms with Gasteiger partial charge in [0, 0.05) is 6.61 Å². The van der Waals surface area contributed by atoms with E-state index in [0.29, 0.717) is 6.61 Å². The molecule has 0 heterocycles. The Morgan fingerprint density at radius 2 is 1.47 bits per heavy atom. The van der Waals surface area contributed by atoms with Crippen LogP contribution >= 0.6 is 0 Å². The lowest BCUT2D eigenvalue weighted by Gasteiger charge is -2.05. The topological polar surface area (TPSA) is 46.2 Å². The van der Waals surface area contributed by atoms with Gasteiger partial charge in [-0.1, -0.05) is 51.0 Å². The van der Waals surface area contributed by atoms with Gasteiger partial charge in [0.15, 0.2) is 0 Å². The summed E-state index contributed by atoms with van der Waals surface area (Å²) in [5.41, 5.74) is 8.36. The molecule has 2 nitrogen and oxygen atoms in total. The maximum absolute atomic E-state index is 8.69. The number of rotatable bonds is 9. The van der Waals surface area contributed by atoms with Crippen molar-refractivity contribution in [2.75, 3.05) is 13.2 Å². The number of nitrogens with two attached hydrogens (primary N) is 1. The van der Waals surface area contributed by atoms with Crippen LogP contribution in [0, 0.1) is 0 Å². The van der Waals surface area contributed by atoms with Gasteiger partial charge in [-0.15, -0.1) is 0 Å². The van der Waals surface area contributed by atoms with Gasteiger partial charge in [0.05, 0.1) is 0 Å². The van der Waals surface area contributed by atoms with Crippen LogP contribution in [0.4, 0.5) is 0 Å². The molecular weight excluding hydrogens is 234 g/mol. The summed E-state index contributed by atoms with van der Waals surface area (Å²) in [7, 11) is 0. The first-order chi connectivity index (χ1) is 9.36. The third kappa shape index (κ3) is 9.69. The number of aliphatic hydroxyl groups excluding tert-OH is 1. The highest BCUT2D eigenvalue weighted by Gasteiger charge is 1.97. The SMILES string of the molecule is CC.NCCCc1cccc(CCCCCCO)c1. The van der Waals surface area contributed by atoms with Crippen LogP contribution in [-0.2, 0) is 12.8 Å². The van der Waals surface area contributed by atoms with Gasteiger partial charge in [0.25, 0.3) is 0 Å². The van der Waals surface area contributed by atoms with Crippen LogP contribution in [0.25, 0.3) is 0 Å². The van der Waals surface area contributed by atoms with Crippen molar-refractivity contribution in [3.8, 4) is 0 Å². The molecule has 0 aromatic heterocycles. The minimum atomic E-state index is 0.328. The Balaban J connectivity index is 0.00000154. The Labute approximate surface area is 119 Å². The van der Waals surface area contributed by atoms with E-state index in [1.165, 1.54) is 24.0 Å². The van der Waals surface area contributed by atoms with Crippen LogP contribution < -0.4 is 5.73 Å². The summed E-state index contributed by atoms with van der Waals surface area (Å²) in [6.07, 6.45) is 7.84. The fourth-order valence-electron chi connectivity index (χ4n) is 2.04. The molecule has 1 aromatic rings. The van der Waals surface area contributed by atoms with E-state index in [-0.39, 0.29) is 0 Å². The first-order valence-corrected chi connectivity index (χ1v) is 7.75. The third-order valence-corrected chi connectivity index (χ3v) is 3.03. The largest absolute Gasteiger partial charge is 0.396 e. The first kappa shape index (κ1) is 18.1. The predicted octanol–water partition coefficient (Wildman–Crippen LogP) is 3.70. The number of hydrogen-bond acceptors (Lipinski definition) is 2. The zero-order valence-corrected chi connectivity index (χ0v) is 12.7. The van der Waals surface area contributed by atoms with E-state index >= 15 is 0 Å². The first-order valence-electron chi connectivity index (χ1n) is 7.75. The molecule has 110 valence electrons. The van der Waals surface area contributed by atoms with E-state index in [1.54, 1.807) is 0 Å². The highest BCUT2D eigenvalue weighted by molar-refractivity contribution is 5.23. The lowest BCUT2D eigenvalue weighted by Crippen LogP contribution is -2.00. The Bertz CT molecular complexity index is 299. The number of unbranched alkanes of at least 4 members (excludes halogenated alkanes) is 3. The van der Waals surface area contributed by atoms with Crippen molar-refractivity contribution < 1.29 is 5.11 Å². The second-order valence-electron chi connectivity index (χ2n) is 4.60. The lowest BCUT2D eigenvalue weighted by molar-refractivity contribution is 0.282. The average molecular weight is 265 g/mol. The molecule has 0 bridgehead atoms. The zero-order chi connectivity index (χ0) is 14.3. The quantitative estimate of drug-likeness (QED) is 0.669. The van der Waals surface area contributed by atoms with Crippen LogP contribution in [0.5, 0.6) is 0 Å². The van der Waals surface area contributed by atoms with Crippen molar-refractivity contribution in [3.05, 3.63) is 35.4 Å². The van der Waals surface area contributed by atoms with Crippen molar-refractivity contribution in [2.45, 2.75) is 58.8 Å². The van der Waals surface area contributed by atoms with E-state index in [4.69, 9.17) is 10.8 Å². The van der Waals surface area contributed by atoms with Crippen molar-refractivity contribution in [1.29, 1.82) is 0 Å². The molecule has 3 N–H and O–H groups in total. The summed E-state index contributed by atoms with van der Waals surface area (Å²) >= 11 is 0. The molecule has 1 aromatic carbocycles. The van der Waals surface area contributed by atoms with Crippen LogP contribution in [0.3, 0.4) is 0 Å². The molecule has 19 heavy (non-hydrogen) atoms. The van der Waals surface area contributed by atoms with Gasteiger partial charge in [-0.2, -0.15) is 0 Å². The molecule has 1 rings (SSSR count). The standard InChI is InChI=1S/C15H25NO.C2H6/c16-11-6-10-15-9-5-8-14(13-15)7-3-1-2-4-12-17;1-2/h5,8-9,13,17H,1-4,6-7,10-12,16H2;1-2H3. The number of aryl methyl sites for hydroxylation is 2. The molecule has 0 radical (unpaired) electrons. The highest BCUT2D eigenvalue weighted by atomic mass is 16.2. The summed E-state index contributed by atoms with van der Waals surface area (Å²) in [5, 5.41) is 8.69. The maximum Gasteiger partial charge on any atom is 0.0431 e. The minimum absolute atomic E-state index is 0.328. The van der Waals surface area contributed by atoms with Crippen LogP contribution in [0.2, 0.25) is 0 Å². The molecule has 0 saturated carbocycles. The molecule has 0 unspecified atom stereocenters. The van der Waals surface area contributed by atoms with Gasteiger partial charge >= 0.3 is 0 Å². The van der Waals surface area contributed by atoms with Gasteiger partial charge in [-0.25, -0.2) is 0 Å². The molecule has 2 heteroatoms. The second-order valence-corrected chi connectivity index (χ2v) is 4.60. The number of benzene rings is 1. The molecule has 0 aliphatic heterocycles. The van der Waals surface area contributed by atoms with Crippen molar-refractivity contribution in [3.63, 3.8) is 0 Å². The van der Waals surface area contributed by atoms with E-state index in [1.807, 2.05) is 13.8 Å². The smallest absolute Gasteiger partial charge is 0.0431 e. The van der Waals surface area contributed by atoms with Gasteiger partial charge in [-0.05, 0) is 49.8 Å². The molecule has 0 saturated heterocycles. The summed E-state index contributed by atoms with van der Waals surface area (Å²) < 4.78 is 0. The monoisotopic (exact) mass is 265 g/mol. The maximum atomic E-state index is 8.69. The fourth-order valence-corrected chi connectivity index (χ4v) is 2.04. The second kappa shape index (κ2) is 13.6. The van der Waals surface area contributed by atoms with Gasteiger partial charge < -0.3 is 10.8 Å². The van der Waals surface area contributed by atoms with Gasteiger partial charge in [0.1, 0.15) is 0 Å². The van der Waals surface area contributed by atoms with Crippen molar-refractivity contribution in [1.82, 2.24) is 0 Å². The van der Waals surface area contributed by atoms with E-state index in [0.717, 1.165) is 38.6 Å². The molecule has 0 fully saturated rings. The molecule has 0 spiro atoms. The Hall–Kier alpha value is -0.860. The number of aliphatic hydroxyl groups is 1. The average Bonchev–Trinajstić information content (AvgIpc) is 2.47. The lowest BCUT2D eigenvalue weighted by atomic mass is 10.0. The van der Waals surface area contributed by atoms with E-state index in [2.05, 4.69) is 24.3 Å². The van der Waals surface area contributed by atoms with Crippen LogP contribution in [-0.4, -0.2) is 18.3 Å². The Morgan fingerprint density at radius 3 is 2.05 bits per heavy atom. The summed E-state index contributed by atoms with van der Waals surface area (Å²) in [5.74, 6) is 0. The molecule has 0 aliphatic carbocycles. The van der Waals surface area contributed by atoms with Crippen molar-refractivity contribution >= 4 is 0 Å². The highest BCUT2D eigenvalue weighted by Crippen LogP contribution is 2.11. The molecular formula is C17H31NO. The zero-order valence-electron chi connectivity index (χ0n) is 12.7. The van der Waals surface area contributed by atoms with Crippen LogP contribution in [0.1, 0.15) is 57.1 Å². The molecule has 0 aliphatic rings. The van der Waals surface area contributed by atoms with Gasteiger partial charge in [0.2, 0.25) is 0 Å². The molecule has 0 atom stereocenters. The Kier molecular flexibility index (Phi) is 13.0. The third-order valence-electron chi connectivity index (χ3n) is 3.03. The number of hydrogen-bond donors (Lipinski definition) is 2. The normalized spacial score (nSPS) is 9.89. The predicted molar refractivity (Wildman–Crippen MR) is 84.4 cm³/mol. The summed E-state index contributed by atoms with van der Waals surface area (Å²) in [6.45, 7) is 5.10. The van der Waals surface area contributed by atoms with Crippen LogP contribution in [0.15, 0.2) is 24.3 Å². The minimum Gasteiger partial charge on any atom is -0.396 e.